The van der Waals surface area contributed by atoms with E-state index in [0.29, 0.717) is 22.9 Å². The predicted molar refractivity (Wildman–Crippen MR) is 101 cm³/mol. The molecule has 7 nitrogen and oxygen atoms in total. The average Bonchev–Trinajstić information content (AvgIpc) is 3.19. The molecule has 0 aliphatic heterocycles. The Morgan fingerprint density at radius 2 is 2.25 bits per heavy atom. The molecule has 7 heteroatoms. The Kier molecular flexibility index (Phi) is 4.77. The number of carbonyl (C=O) groups excluding carboxylic acids is 1. The van der Waals surface area contributed by atoms with Crippen LogP contribution >= 0.6 is 0 Å². The van der Waals surface area contributed by atoms with E-state index < -0.39 is 0 Å². The summed E-state index contributed by atoms with van der Waals surface area (Å²) in [5, 5.41) is 12.0. The van der Waals surface area contributed by atoms with Crippen LogP contribution in [0, 0.1) is 11.3 Å². The van der Waals surface area contributed by atoms with E-state index in [0.717, 1.165) is 36.3 Å². The number of nitrogens with one attached hydrogen (secondary N) is 1. The minimum atomic E-state index is -0.233. The summed E-state index contributed by atoms with van der Waals surface area (Å²) >= 11 is 0. The number of methoxy groups -OCH3 is 1. The first-order valence-electron chi connectivity index (χ1n) is 8.99. The number of benzene rings is 1. The first-order valence-corrected chi connectivity index (χ1v) is 8.99. The second kappa shape index (κ2) is 7.53. The molecule has 0 spiro atoms. The number of fused-ring (bicyclic) bond motifs is 1. The minimum absolute atomic E-state index is 0.231. The highest BCUT2D eigenvalue weighted by Crippen LogP contribution is 2.33. The lowest BCUT2D eigenvalue weighted by molar-refractivity contribution is 0.0931. The summed E-state index contributed by atoms with van der Waals surface area (Å²) in [6, 6.07) is 12.0. The molecule has 0 bridgehead atoms. The van der Waals surface area contributed by atoms with Gasteiger partial charge in [0.1, 0.15) is 11.5 Å². The van der Waals surface area contributed by atoms with E-state index in [-0.39, 0.29) is 11.9 Å². The van der Waals surface area contributed by atoms with Crippen molar-refractivity contribution in [2.24, 2.45) is 0 Å². The third-order valence-electron chi connectivity index (χ3n) is 4.70. The zero-order chi connectivity index (χ0) is 19.5. The van der Waals surface area contributed by atoms with Gasteiger partial charge in [-0.1, -0.05) is 6.07 Å². The Morgan fingerprint density at radius 3 is 3.07 bits per heavy atom. The average molecular weight is 374 g/mol. The summed E-state index contributed by atoms with van der Waals surface area (Å²) in [6.07, 6.45) is 4.09. The fourth-order valence-electron chi connectivity index (χ4n) is 3.31. The van der Waals surface area contributed by atoms with Gasteiger partial charge in [-0.3, -0.25) is 4.79 Å². The summed E-state index contributed by atoms with van der Waals surface area (Å²) in [7, 11) is 1.56. The Balaban J connectivity index is 1.59. The van der Waals surface area contributed by atoms with Crippen LogP contribution < -0.4 is 10.1 Å². The number of carbonyl (C=O) groups is 1. The summed E-state index contributed by atoms with van der Waals surface area (Å²) in [6.45, 7) is 0. The lowest BCUT2D eigenvalue weighted by Crippen LogP contribution is -2.31. The fraction of sp³-hybridized carbons (Fsp3) is 0.238. The Hall–Kier alpha value is -3.66. The van der Waals surface area contributed by atoms with Crippen LogP contribution in [-0.4, -0.2) is 23.0 Å². The quantitative estimate of drug-likeness (QED) is 0.751. The molecule has 1 atom stereocenters. The monoisotopic (exact) mass is 374 g/mol. The van der Waals surface area contributed by atoms with Crippen molar-refractivity contribution >= 4 is 5.91 Å². The lowest BCUT2D eigenvalue weighted by atomic mass is 9.96. The molecule has 4 rings (SSSR count). The van der Waals surface area contributed by atoms with E-state index in [1.807, 2.05) is 6.07 Å². The minimum Gasteiger partial charge on any atom is -0.481 e. The van der Waals surface area contributed by atoms with Crippen molar-refractivity contribution in [3.05, 3.63) is 65.2 Å². The van der Waals surface area contributed by atoms with Crippen LogP contribution in [0.25, 0.3) is 11.5 Å². The van der Waals surface area contributed by atoms with Crippen LogP contribution in [0.1, 0.15) is 46.3 Å². The number of aromatic nitrogens is 2. The van der Waals surface area contributed by atoms with Crippen molar-refractivity contribution in [2.75, 3.05) is 7.11 Å². The van der Waals surface area contributed by atoms with Gasteiger partial charge in [-0.15, -0.1) is 0 Å². The van der Waals surface area contributed by atoms with Gasteiger partial charge >= 0.3 is 0 Å². The maximum atomic E-state index is 12.6. The van der Waals surface area contributed by atoms with Crippen molar-refractivity contribution in [3.63, 3.8) is 0 Å². The van der Waals surface area contributed by atoms with E-state index in [9.17, 15) is 4.79 Å². The van der Waals surface area contributed by atoms with E-state index in [4.69, 9.17) is 14.4 Å². The van der Waals surface area contributed by atoms with Crippen molar-refractivity contribution in [1.29, 1.82) is 5.26 Å². The molecule has 140 valence electrons. The van der Waals surface area contributed by atoms with E-state index >= 15 is 0 Å². The molecule has 1 N–H and O–H groups in total. The first kappa shape index (κ1) is 17.7. The largest absolute Gasteiger partial charge is 0.481 e. The number of amides is 1. The molecule has 28 heavy (non-hydrogen) atoms. The van der Waals surface area contributed by atoms with Crippen molar-refractivity contribution in [2.45, 2.75) is 25.3 Å². The van der Waals surface area contributed by atoms with E-state index in [1.165, 1.54) is 0 Å². The topological polar surface area (TPSA) is 101 Å². The maximum absolute atomic E-state index is 12.6. The highest BCUT2D eigenvalue weighted by Gasteiger charge is 2.28. The maximum Gasteiger partial charge on any atom is 0.251 e. The molecule has 0 fully saturated rings. The van der Waals surface area contributed by atoms with E-state index in [1.54, 1.807) is 49.7 Å². The number of aryl methyl sites for hydroxylation is 1. The molecular formula is C21H18N4O3. The normalized spacial score (nSPS) is 15.4. The molecule has 3 aromatic rings. The number of hydrogen-bond acceptors (Lipinski definition) is 6. The molecule has 0 saturated heterocycles. The first-order chi connectivity index (χ1) is 13.7. The highest BCUT2D eigenvalue weighted by molar-refractivity contribution is 5.94. The van der Waals surface area contributed by atoms with Gasteiger partial charge < -0.3 is 14.5 Å². The standard InChI is InChI=1S/C21H18N4O3/c1-27-18-11-15(8-9-23-18)21-25-19-16(6-3-7-17(19)28-21)24-20(26)14-5-2-4-13(10-14)12-22/h2,4-5,8-11,16H,3,6-7H2,1H3,(H,24,26). The van der Waals surface area contributed by atoms with Gasteiger partial charge in [0, 0.05) is 29.8 Å². The SMILES string of the molecule is COc1cc(-c2nc3c(o2)CCCC3NC(=O)c2cccc(C#N)c2)ccn1. The third-order valence-corrected chi connectivity index (χ3v) is 4.70. The van der Waals surface area contributed by atoms with Gasteiger partial charge in [0.2, 0.25) is 11.8 Å². The number of nitriles is 1. The van der Waals surface area contributed by atoms with Gasteiger partial charge in [-0.25, -0.2) is 9.97 Å². The summed E-state index contributed by atoms with van der Waals surface area (Å²) in [5.74, 6) is 1.52. The number of hydrogen-bond donors (Lipinski definition) is 1. The lowest BCUT2D eigenvalue weighted by Gasteiger charge is -2.21. The molecule has 1 aliphatic rings. The van der Waals surface area contributed by atoms with Crippen LogP contribution in [0.5, 0.6) is 5.88 Å². The summed E-state index contributed by atoms with van der Waals surface area (Å²) in [5.41, 5.74) is 2.43. The van der Waals surface area contributed by atoms with Gasteiger partial charge in [0.05, 0.1) is 24.8 Å². The number of oxazole rings is 1. The molecule has 1 aromatic carbocycles. The highest BCUT2D eigenvalue weighted by atomic mass is 16.5. The van der Waals surface area contributed by atoms with Crippen LogP contribution in [0.4, 0.5) is 0 Å². The summed E-state index contributed by atoms with van der Waals surface area (Å²) < 4.78 is 11.1. The molecule has 1 amide bonds. The molecule has 0 saturated carbocycles. The van der Waals surface area contributed by atoms with Gasteiger partial charge in [0.25, 0.3) is 5.91 Å². The molecule has 2 aromatic heterocycles. The molecular weight excluding hydrogens is 356 g/mol. The van der Waals surface area contributed by atoms with Crippen molar-refractivity contribution < 1.29 is 13.9 Å². The third kappa shape index (κ3) is 3.45. The second-order valence-electron chi connectivity index (χ2n) is 6.53. The van der Waals surface area contributed by atoms with Crippen LogP contribution in [0.3, 0.4) is 0 Å². The zero-order valence-electron chi connectivity index (χ0n) is 15.3. The molecule has 1 unspecified atom stereocenters. The van der Waals surface area contributed by atoms with E-state index in [2.05, 4.69) is 15.3 Å². The second-order valence-corrected chi connectivity index (χ2v) is 6.53. The van der Waals surface area contributed by atoms with Crippen LogP contribution in [-0.2, 0) is 6.42 Å². The van der Waals surface area contributed by atoms with Crippen molar-refractivity contribution in [1.82, 2.24) is 15.3 Å². The predicted octanol–water partition coefficient (Wildman–Crippen LogP) is 3.42. The van der Waals surface area contributed by atoms with Crippen molar-refractivity contribution in [3.8, 4) is 23.4 Å². The Bertz CT molecular complexity index is 1070. The number of nitrogens with zero attached hydrogens (tertiary/aromatic N) is 3. The van der Waals surface area contributed by atoms with Gasteiger partial charge in [-0.2, -0.15) is 5.26 Å². The smallest absolute Gasteiger partial charge is 0.251 e. The Morgan fingerprint density at radius 1 is 1.36 bits per heavy atom. The molecule has 2 heterocycles. The van der Waals surface area contributed by atoms with Gasteiger partial charge in [0.15, 0.2) is 0 Å². The zero-order valence-corrected chi connectivity index (χ0v) is 15.3. The van der Waals surface area contributed by atoms with Gasteiger partial charge in [-0.05, 0) is 37.1 Å². The summed E-state index contributed by atoms with van der Waals surface area (Å²) in [4.78, 5) is 21.4. The van der Waals surface area contributed by atoms with Crippen LogP contribution in [0.2, 0.25) is 0 Å². The fourth-order valence-corrected chi connectivity index (χ4v) is 3.31. The molecule has 1 aliphatic carbocycles. The number of pyridine rings is 1. The van der Waals surface area contributed by atoms with Crippen LogP contribution in [0.15, 0.2) is 47.0 Å². The molecule has 0 radical (unpaired) electrons. The number of rotatable bonds is 4. The number of ether oxygens (including phenoxy) is 1. The Labute approximate surface area is 162 Å².